The van der Waals surface area contributed by atoms with Crippen molar-refractivity contribution in [1.82, 2.24) is 5.32 Å². The van der Waals surface area contributed by atoms with E-state index in [9.17, 15) is 17.6 Å². The Hall–Kier alpha value is -2.74. The minimum absolute atomic E-state index is 0.0132. The summed E-state index contributed by atoms with van der Waals surface area (Å²) >= 11 is 0. The predicted molar refractivity (Wildman–Crippen MR) is 111 cm³/mol. The van der Waals surface area contributed by atoms with Crippen LogP contribution in [0.5, 0.6) is 0 Å². The van der Waals surface area contributed by atoms with Gasteiger partial charge in [0.15, 0.2) is 0 Å². The lowest BCUT2D eigenvalue weighted by Crippen LogP contribution is -2.34. The summed E-state index contributed by atoms with van der Waals surface area (Å²) in [5, 5.41) is 1.09. The van der Waals surface area contributed by atoms with Gasteiger partial charge >= 0.3 is 6.09 Å². The maximum Gasteiger partial charge on any atom is 0.407 e. The van der Waals surface area contributed by atoms with Gasteiger partial charge < -0.3 is 10.1 Å². The number of sulfone groups is 1. The number of hydrogen-bond acceptors (Lipinski definition) is 4. The molecule has 0 heterocycles. The molecule has 5 nitrogen and oxygen atoms in total. The van der Waals surface area contributed by atoms with E-state index < -0.39 is 32.5 Å². The van der Waals surface area contributed by atoms with Crippen molar-refractivity contribution in [3.8, 4) is 0 Å². The van der Waals surface area contributed by atoms with Gasteiger partial charge in [0.05, 0.1) is 4.90 Å². The summed E-state index contributed by atoms with van der Waals surface area (Å²) in [4.78, 5) is 11.8. The van der Waals surface area contributed by atoms with Crippen LogP contribution in [0, 0.1) is 5.82 Å². The van der Waals surface area contributed by atoms with Crippen molar-refractivity contribution in [2.75, 3.05) is 6.54 Å². The van der Waals surface area contributed by atoms with Crippen LogP contribution in [0.15, 0.2) is 70.2 Å². The average molecular weight is 438 g/mol. The largest absolute Gasteiger partial charge is 0.444 e. The zero-order valence-corrected chi connectivity index (χ0v) is 17.9. The SMILES string of the molecule is CC(C)(C)OC(=O)NC/C(CCc1ccc(F)cc1)=C(/F)S(=O)(=O)c1ccccc1. The van der Waals surface area contributed by atoms with E-state index in [4.69, 9.17) is 4.74 Å². The van der Waals surface area contributed by atoms with Crippen molar-refractivity contribution < 1.29 is 26.7 Å². The molecule has 162 valence electrons. The highest BCUT2D eigenvalue weighted by molar-refractivity contribution is 7.95. The highest BCUT2D eigenvalue weighted by atomic mass is 32.2. The molecule has 2 rings (SSSR count). The Morgan fingerprint density at radius 3 is 2.20 bits per heavy atom. The highest BCUT2D eigenvalue weighted by Crippen LogP contribution is 2.25. The van der Waals surface area contributed by atoms with Gasteiger partial charge in [-0.1, -0.05) is 30.3 Å². The fourth-order valence-electron chi connectivity index (χ4n) is 2.59. The number of halogens is 2. The smallest absolute Gasteiger partial charge is 0.407 e. The van der Waals surface area contributed by atoms with E-state index in [0.717, 1.165) is 0 Å². The number of amides is 1. The van der Waals surface area contributed by atoms with Crippen molar-refractivity contribution in [3.05, 3.63) is 76.7 Å². The second-order valence-corrected chi connectivity index (χ2v) is 9.51. The summed E-state index contributed by atoms with van der Waals surface area (Å²) in [7, 11) is -4.37. The van der Waals surface area contributed by atoms with Crippen LogP contribution < -0.4 is 5.32 Å². The standard InChI is InChI=1S/C22H25F2NO4S/c1-22(2,3)29-21(26)25-15-17(12-9-16-10-13-18(23)14-11-16)20(24)30(27,28)19-7-5-4-6-8-19/h4-8,10-11,13-14H,9,12,15H2,1-3H3,(H,25,26)/b20-17-. The Labute approximate surface area is 175 Å². The van der Waals surface area contributed by atoms with Crippen LogP contribution in [0.3, 0.4) is 0 Å². The molecule has 0 aromatic heterocycles. The Bertz CT molecular complexity index is 996. The van der Waals surface area contributed by atoms with Crippen molar-refractivity contribution in [1.29, 1.82) is 0 Å². The third-order valence-electron chi connectivity index (χ3n) is 4.04. The van der Waals surface area contributed by atoms with E-state index in [-0.39, 0.29) is 29.9 Å². The summed E-state index contributed by atoms with van der Waals surface area (Å²) in [6.45, 7) is 4.70. The van der Waals surface area contributed by atoms with E-state index in [1.165, 1.54) is 48.5 Å². The fraction of sp³-hybridized carbons (Fsp3) is 0.318. The molecule has 0 saturated heterocycles. The molecule has 0 bridgehead atoms. The first-order valence-electron chi connectivity index (χ1n) is 9.38. The van der Waals surface area contributed by atoms with Gasteiger partial charge in [0, 0.05) is 6.54 Å². The van der Waals surface area contributed by atoms with Gasteiger partial charge in [-0.3, -0.25) is 0 Å². The third-order valence-corrected chi connectivity index (χ3v) is 5.69. The molecule has 2 aromatic rings. The van der Waals surface area contributed by atoms with Crippen molar-refractivity contribution in [2.45, 2.75) is 44.1 Å². The molecule has 0 atom stereocenters. The van der Waals surface area contributed by atoms with Crippen molar-refractivity contribution >= 4 is 15.9 Å². The molecule has 2 aromatic carbocycles. The lowest BCUT2D eigenvalue weighted by molar-refractivity contribution is 0.0532. The van der Waals surface area contributed by atoms with Crippen LogP contribution in [0.1, 0.15) is 32.8 Å². The van der Waals surface area contributed by atoms with Crippen LogP contribution in [0.4, 0.5) is 13.6 Å². The number of alkyl carbamates (subject to hydrolysis) is 1. The molecule has 30 heavy (non-hydrogen) atoms. The van der Waals surface area contributed by atoms with Crippen LogP contribution in [-0.2, 0) is 21.0 Å². The van der Waals surface area contributed by atoms with Crippen molar-refractivity contribution in [2.24, 2.45) is 0 Å². The second kappa shape index (κ2) is 9.84. The van der Waals surface area contributed by atoms with Crippen molar-refractivity contribution in [3.63, 3.8) is 0 Å². The summed E-state index contributed by atoms with van der Waals surface area (Å²) in [5.41, 5.74) is -0.151. The number of aryl methyl sites for hydroxylation is 1. The van der Waals surface area contributed by atoms with Crippen LogP contribution >= 0.6 is 0 Å². The maximum atomic E-state index is 15.1. The Morgan fingerprint density at radius 2 is 1.63 bits per heavy atom. The minimum atomic E-state index is -4.37. The normalized spacial score (nSPS) is 12.8. The fourth-order valence-corrected chi connectivity index (χ4v) is 3.87. The molecule has 0 aliphatic heterocycles. The predicted octanol–water partition coefficient (Wildman–Crippen LogP) is 4.94. The number of hydrogen-bond donors (Lipinski definition) is 1. The lowest BCUT2D eigenvalue weighted by Gasteiger charge is -2.20. The highest BCUT2D eigenvalue weighted by Gasteiger charge is 2.25. The van der Waals surface area contributed by atoms with E-state index in [1.54, 1.807) is 26.8 Å². The first-order valence-corrected chi connectivity index (χ1v) is 10.9. The zero-order valence-electron chi connectivity index (χ0n) is 17.1. The number of rotatable bonds is 7. The minimum Gasteiger partial charge on any atom is -0.444 e. The number of nitrogens with one attached hydrogen (secondary N) is 1. The molecule has 1 N–H and O–H groups in total. The first-order chi connectivity index (χ1) is 14.0. The number of carbonyl (C=O) groups is 1. The first kappa shape index (κ1) is 23.5. The topological polar surface area (TPSA) is 72.5 Å². The second-order valence-electron chi connectivity index (χ2n) is 7.68. The molecule has 0 unspecified atom stereocenters. The molecule has 0 saturated carbocycles. The molecule has 8 heteroatoms. The van der Waals surface area contributed by atoms with Gasteiger partial charge in [0.25, 0.3) is 0 Å². The van der Waals surface area contributed by atoms with Crippen LogP contribution in [0.2, 0.25) is 0 Å². The Kier molecular flexibility index (Phi) is 7.72. The monoisotopic (exact) mass is 437 g/mol. The third kappa shape index (κ3) is 6.95. The Morgan fingerprint density at radius 1 is 1.03 bits per heavy atom. The zero-order chi connectivity index (χ0) is 22.4. The molecule has 0 fully saturated rings. The summed E-state index contributed by atoms with van der Waals surface area (Å²) in [5.74, 6) is -0.404. The van der Waals surface area contributed by atoms with Crippen LogP contribution in [0.25, 0.3) is 0 Å². The van der Waals surface area contributed by atoms with Gasteiger partial charge in [-0.05, 0) is 69.0 Å². The van der Waals surface area contributed by atoms with Crippen LogP contribution in [-0.4, -0.2) is 26.7 Å². The van der Waals surface area contributed by atoms with Gasteiger partial charge in [-0.15, -0.1) is 0 Å². The molecule has 0 aliphatic rings. The molecular weight excluding hydrogens is 412 g/mol. The molecule has 0 aliphatic carbocycles. The number of carbonyl (C=O) groups excluding carboxylic acids is 1. The van der Waals surface area contributed by atoms with E-state index in [1.807, 2.05) is 0 Å². The molecule has 0 radical (unpaired) electrons. The summed E-state index contributed by atoms with van der Waals surface area (Å²) in [6, 6.07) is 12.8. The van der Waals surface area contributed by atoms with Gasteiger partial charge in [0.2, 0.25) is 15.0 Å². The quantitative estimate of drug-likeness (QED) is 0.666. The van der Waals surface area contributed by atoms with E-state index >= 15 is 4.39 Å². The van der Waals surface area contributed by atoms with E-state index in [0.29, 0.717) is 5.56 Å². The van der Waals surface area contributed by atoms with Gasteiger partial charge in [0.1, 0.15) is 11.4 Å². The lowest BCUT2D eigenvalue weighted by atomic mass is 10.1. The number of benzene rings is 2. The molecule has 0 spiro atoms. The number of ether oxygens (including phenoxy) is 1. The summed E-state index contributed by atoms with van der Waals surface area (Å²) in [6.07, 6.45) is -0.505. The Balaban J connectivity index is 2.27. The molecule has 1 amide bonds. The van der Waals surface area contributed by atoms with E-state index in [2.05, 4.69) is 5.32 Å². The molecular formula is C22H25F2NO4S. The maximum absolute atomic E-state index is 15.1. The van der Waals surface area contributed by atoms with Gasteiger partial charge in [-0.2, -0.15) is 4.39 Å². The van der Waals surface area contributed by atoms with Gasteiger partial charge in [-0.25, -0.2) is 17.6 Å². The average Bonchev–Trinajstić information content (AvgIpc) is 2.68. The summed E-state index contributed by atoms with van der Waals surface area (Å²) < 4.78 is 58.7.